The molecular formula is C30H33Cl2N3O4S. The van der Waals surface area contributed by atoms with Crippen molar-refractivity contribution in [2.75, 3.05) is 10.8 Å². The normalized spacial score (nSPS) is 14.5. The Morgan fingerprint density at radius 1 is 0.950 bits per heavy atom. The van der Waals surface area contributed by atoms with Gasteiger partial charge in [0, 0.05) is 12.6 Å². The highest BCUT2D eigenvalue weighted by Crippen LogP contribution is 2.28. The maximum atomic E-state index is 14.0. The SMILES string of the molecule is Cc1ccccc1N(CC(=O)N(Cc1ccc(Cl)c(Cl)c1)C(C)C(=O)NC1CCCC1)S(=O)(=O)c1ccccc1. The summed E-state index contributed by atoms with van der Waals surface area (Å²) in [5, 5.41) is 3.75. The van der Waals surface area contributed by atoms with E-state index in [9.17, 15) is 18.0 Å². The first-order valence-corrected chi connectivity index (χ1v) is 15.4. The molecule has 0 spiro atoms. The third-order valence-corrected chi connectivity index (χ3v) is 9.71. The van der Waals surface area contributed by atoms with Crippen molar-refractivity contribution < 1.29 is 18.0 Å². The Kier molecular flexibility index (Phi) is 9.77. The highest BCUT2D eigenvalue weighted by atomic mass is 35.5. The molecule has 3 aromatic rings. The molecule has 1 aliphatic rings. The van der Waals surface area contributed by atoms with Crippen LogP contribution in [0.5, 0.6) is 0 Å². The second-order valence-corrected chi connectivity index (χ2v) is 12.7. The largest absolute Gasteiger partial charge is 0.352 e. The fourth-order valence-electron chi connectivity index (χ4n) is 4.89. The van der Waals surface area contributed by atoms with E-state index in [1.807, 2.05) is 0 Å². The maximum Gasteiger partial charge on any atom is 0.264 e. The molecule has 1 aliphatic carbocycles. The summed E-state index contributed by atoms with van der Waals surface area (Å²) < 4.78 is 28.8. The summed E-state index contributed by atoms with van der Waals surface area (Å²) >= 11 is 12.3. The summed E-state index contributed by atoms with van der Waals surface area (Å²) in [6.45, 7) is 2.99. The minimum absolute atomic E-state index is 0.0436. The molecular weight excluding hydrogens is 569 g/mol. The Bertz CT molecular complexity index is 1460. The van der Waals surface area contributed by atoms with E-state index >= 15 is 0 Å². The first kappa shape index (κ1) is 29.9. The van der Waals surface area contributed by atoms with Gasteiger partial charge < -0.3 is 10.2 Å². The molecule has 0 aromatic heterocycles. The predicted octanol–water partition coefficient (Wildman–Crippen LogP) is 5.97. The lowest BCUT2D eigenvalue weighted by Crippen LogP contribution is -2.52. The number of hydrogen-bond acceptors (Lipinski definition) is 4. The summed E-state index contributed by atoms with van der Waals surface area (Å²) in [6, 6.07) is 19.2. The van der Waals surface area contributed by atoms with Crippen LogP contribution in [0, 0.1) is 6.92 Å². The van der Waals surface area contributed by atoms with Crippen LogP contribution in [0.1, 0.15) is 43.7 Å². The van der Waals surface area contributed by atoms with Crippen LogP contribution in [0.4, 0.5) is 5.69 Å². The van der Waals surface area contributed by atoms with Gasteiger partial charge in [0.15, 0.2) is 0 Å². The number of rotatable bonds is 10. The monoisotopic (exact) mass is 601 g/mol. The van der Waals surface area contributed by atoms with Gasteiger partial charge in [-0.2, -0.15) is 0 Å². The average molecular weight is 603 g/mol. The van der Waals surface area contributed by atoms with Crippen molar-refractivity contribution in [2.45, 2.75) is 63.1 Å². The molecule has 40 heavy (non-hydrogen) atoms. The summed E-state index contributed by atoms with van der Waals surface area (Å²) in [6.07, 6.45) is 3.90. The molecule has 0 aliphatic heterocycles. The van der Waals surface area contributed by atoms with Crippen LogP contribution in [0.3, 0.4) is 0 Å². The highest BCUT2D eigenvalue weighted by Gasteiger charge is 2.33. The summed E-state index contributed by atoms with van der Waals surface area (Å²) in [5.41, 5.74) is 1.74. The number of para-hydroxylation sites is 1. The number of carbonyl (C=O) groups is 2. The Morgan fingerprint density at radius 2 is 1.60 bits per heavy atom. The smallest absolute Gasteiger partial charge is 0.264 e. The second-order valence-electron chi connectivity index (χ2n) is 10.0. The zero-order valence-electron chi connectivity index (χ0n) is 22.5. The van der Waals surface area contributed by atoms with Crippen LogP contribution in [0.2, 0.25) is 10.0 Å². The molecule has 4 rings (SSSR count). The van der Waals surface area contributed by atoms with Crippen molar-refractivity contribution in [1.82, 2.24) is 10.2 Å². The third kappa shape index (κ3) is 6.97. The fourth-order valence-corrected chi connectivity index (χ4v) is 6.71. The topological polar surface area (TPSA) is 86.8 Å². The quantitative estimate of drug-likeness (QED) is 0.310. The molecule has 2 amide bonds. The summed E-state index contributed by atoms with van der Waals surface area (Å²) in [7, 11) is -4.11. The highest BCUT2D eigenvalue weighted by molar-refractivity contribution is 7.92. The minimum Gasteiger partial charge on any atom is -0.352 e. The first-order valence-electron chi connectivity index (χ1n) is 13.2. The molecule has 1 N–H and O–H groups in total. The molecule has 7 nitrogen and oxygen atoms in total. The lowest BCUT2D eigenvalue weighted by molar-refractivity contribution is -0.139. The average Bonchev–Trinajstić information content (AvgIpc) is 3.45. The number of halogens is 2. The molecule has 1 saturated carbocycles. The van der Waals surface area contributed by atoms with Gasteiger partial charge in [-0.3, -0.25) is 13.9 Å². The summed E-state index contributed by atoms with van der Waals surface area (Å²) in [4.78, 5) is 28.8. The zero-order valence-corrected chi connectivity index (χ0v) is 24.8. The first-order chi connectivity index (χ1) is 19.1. The van der Waals surface area contributed by atoms with E-state index in [0.29, 0.717) is 26.9 Å². The van der Waals surface area contributed by atoms with E-state index in [0.717, 1.165) is 30.0 Å². The minimum atomic E-state index is -4.11. The number of benzene rings is 3. The van der Waals surface area contributed by atoms with Gasteiger partial charge in [0.1, 0.15) is 12.6 Å². The Balaban J connectivity index is 1.70. The number of hydrogen-bond donors (Lipinski definition) is 1. The van der Waals surface area contributed by atoms with Gasteiger partial charge in [0.25, 0.3) is 10.0 Å². The predicted molar refractivity (Wildman–Crippen MR) is 159 cm³/mol. The summed E-state index contributed by atoms with van der Waals surface area (Å²) in [5.74, 6) is -0.809. The van der Waals surface area contributed by atoms with Crippen molar-refractivity contribution in [3.63, 3.8) is 0 Å². The molecule has 10 heteroatoms. The van der Waals surface area contributed by atoms with Crippen LogP contribution in [-0.2, 0) is 26.2 Å². The number of sulfonamides is 1. The molecule has 0 saturated heterocycles. The van der Waals surface area contributed by atoms with Gasteiger partial charge in [0.2, 0.25) is 11.8 Å². The van der Waals surface area contributed by atoms with E-state index in [-0.39, 0.29) is 23.4 Å². The number of anilines is 1. The molecule has 0 bridgehead atoms. The van der Waals surface area contributed by atoms with E-state index in [4.69, 9.17) is 23.2 Å². The zero-order chi connectivity index (χ0) is 28.9. The third-order valence-electron chi connectivity index (χ3n) is 7.20. The van der Waals surface area contributed by atoms with Crippen LogP contribution in [0.25, 0.3) is 0 Å². The molecule has 0 heterocycles. The van der Waals surface area contributed by atoms with Crippen molar-refractivity contribution in [2.24, 2.45) is 0 Å². The second kappa shape index (κ2) is 13.1. The van der Waals surface area contributed by atoms with Gasteiger partial charge in [0.05, 0.1) is 20.6 Å². The Morgan fingerprint density at radius 3 is 2.25 bits per heavy atom. The van der Waals surface area contributed by atoms with Gasteiger partial charge in [-0.1, -0.05) is 78.5 Å². The van der Waals surface area contributed by atoms with Crippen LogP contribution in [0.15, 0.2) is 77.7 Å². The Labute approximate surface area is 246 Å². The molecule has 212 valence electrons. The fraction of sp³-hybridized carbons (Fsp3) is 0.333. The molecule has 1 fully saturated rings. The lowest BCUT2D eigenvalue weighted by atomic mass is 10.1. The van der Waals surface area contributed by atoms with Gasteiger partial charge >= 0.3 is 0 Å². The van der Waals surface area contributed by atoms with Crippen LogP contribution in [-0.4, -0.2) is 43.8 Å². The van der Waals surface area contributed by atoms with E-state index in [2.05, 4.69) is 5.32 Å². The molecule has 3 aromatic carbocycles. The van der Waals surface area contributed by atoms with Crippen molar-refractivity contribution in [3.8, 4) is 0 Å². The number of nitrogens with one attached hydrogen (secondary N) is 1. The number of aryl methyl sites for hydroxylation is 1. The van der Waals surface area contributed by atoms with Gasteiger partial charge in [-0.05, 0) is 68.1 Å². The van der Waals surface area contributed by atoms with Crippen LogP contribution >= 0.6 is 23.2 Å². The molecule has 0 radical (unpaired) electrons. The molecule has 1 atom stereocenters. The maximum absolute atomic E-state index is 14.0. The lowest BCUT2D eigenvalue weighted by Gasteiger charge is -2.33. The van der Waals surface area contributed by atoms with Crippen molar-refractivity contribution in [1.29, 1.82) is 0 Å². The van der Waals surface area contributed by atoms with E-state index in [1.165, 1.54) is 17.0 Å². The van der Waals surface area contributed by atoms with Gasteiger partial charge in [-0.25, -0.2) is 8.42 Å². The van der Waals surface area contributed by atoms with Crippen molar-refractivity contribution >= 4 is 50.7 Å². The number of nitrogens with zero attached hydrogens (tertiary/aromatic N) is 2. The van der Waals surface area contributed by atoms with E-state index < -0.39 is 28.5 Å². The van der Waals surface area contributed by atoms with Crippen LogP contribution < -0.4 is 9.62 Å². The number of amides is 2. The molecule has 1 unspecified atom stereocenters. The Hall–Kier alpha value is -3.07. The standard InChI is InChI=1S/C30H33Cl2N3O4S/c1-21-10-6-9-15-28(21)35(40(38,39)25-13-4-3-5-14-25)20-29(36)34(19-23-16-17-26(31)27(32)18-23)22(2)30(37)33-24-11-7-8-12-24/h3-6,9-10,13-18,22,24H,7-8,11-12,19-20H2,1-2H3,(H,33,37). The van der Waals surface area contributed by atoms with Crippen molar-refractivity contribution in [3.05, 3.63) is 94.0 Å². The number of carbonyl (C=O) groups excluding carboxylic acids is 2. The van der Waals surface area contributed by atoms with Gasteiger partial charge in [-0.15, -0.1) is 0 Å². The van der Waals surface area contributed by atoms with E-state index in [1.54, 1.807) is 74.5 Å².